The first-order valence-corrected chi connectivity index (χ1v) is 4.80. The second-order valence-electron chi connectivity index (χ2n) is 3.30. The molecule has 7 nitrogen and oxygen atoms in total. The molecule has 0 atom stereocenters. The molecule has 0 N–H and O–H groups in total. The molecule has 1 aromatic rings. The Hall–Kier alpha value is -2.46. The number of alkyl halides is 3. The maximum Gasteiger partial charge on any atom is 0.573 e. The van der Waals surface area contributed by atoms with Gasteiger partial charge in [0, 0.05) is 0 Å². The first-order valence-electron chi connectivity index (χ1n) is 4.80. The summed E-state index contributed by atoms with van der Waals surface area (Å²) in [6.45, 7) is 0. The maximum absolute atomic E-state index is 13.4. The molecule has 1 aromatic heterocycles. The molecule has 0 unspecified atom stereocenters. The van der Waals surface area contributed by atoms with Crippen LogP contribution in [0, 0.1) is 16.1 Å². The fraction of sp³-hybridized carbons (Fsp3) is 0.333. The van der Waals surface area contributed by atoms with Crippen LogP contribution in [0.25, 0.3) is 0 Å². The minimum Gasteiger partial charge on any atom is -0.469 e. The van der Waals surface area contributed by atoms with Gasteiger partial charge in [-0.05, 0) is 0 Å². The van der Waals surface area contributed by atoms with Gasteiger partial charge in [0.25, 0.3) is 0 Å². The Labute approximate surface area is 108 Å². The van der Waals surface area contributed by atoms with Crippen LogP contribution in [0.2, 0.25) is 0 Å². The number of carbonyl (C=O) groups is 1. The van der Waals surface area contributed by atoms with Crippen LogP contribution in [0.5, 0.6) is 5.75 Å². The lowest BCUT2D eigenvalue weighted by molar-refractivity contribution is -0.389. The van der Waals surface area contributed by atoms with E-state index >= 15 is 0 Å². The van der Waals surface area contributed by atoms with Crippen molar-refractivity contribution in [2.45, 2.75) is 12.8 Å². The van der Waals surface area contributed by atoms with Gasteiger partial charge in [-0.2, -0.15) is 4.39 Å². The zero-order valence-electron chi connectivity index (χ0n) is 9.73. The van der Waals surface area contributed by atoms with E-state index in [0.717, 1.165) is 7.11 Å². The number of rotatable bonds is 4. The summed E-state index contributed by atoms with van der Waals surface area (Å²) in [6.07, 6.45) is -5.98. The SMILES string of the molecule is COC(=O)Cc1c(F)ncc(OC(F)(F)F)c1[N+](=O)[O-]. The van der Waals surface area contributed by atoms with Gasteiger partial charge in [0.1, 0.15) is 0 Å². The average molecular weight is 298 g/mol. The quantitative estimate of drug-likeness (QED) is 0.276. The van der Waals surface area contributed by atoms with E-state index in [0.29, 0.717) is 0 Å². The number of halogens is 4. The Morgan fingerprint density at radius 2 is 2.10 bits per heavy atom. The van der Waals surface area contributed by atoms with Gasteiger partial charge in [-0.1, -0.05) is 0 Å². The van der Waals surface area contributed by atoms with Crippen LogP contribution in [-0.2, 0) is 16.0 Å². The molecular weight excluding hydrogens is 292 g/mol. The van der Waals surface area contributed by atoms with Gasteiger partial charge in [0.05, 0.1) is 30.2 Å². The first kappa shape index (κ1) is 15.6. The monoisotopic (exact) mass is 298 g/mol. The lowest BCUT2D eigenvalue weighted by atomic mass is 10.1. The summed E-state index contributed by atoms with van der Waals surface area (Å²) in [5, 5.41) is 10.8. The molecule has 0 saturated carbocycles. The Bertz CT molecular complexity index is 546. The van der Waals surface area contributed by atoms with E-state index < -0.39 is 46.6 Å². The fourth-order valence-electron chi connectivity index (χ4n) is 1.27. The Kier molecular flexibility index (Phi) is 4.42. The number of hydrogen-bond donors (Lipinski definition) is 0. The summed E-state index contributed by atoms with van der Waals surface area (Å²) in [6, 6.07) is 0. The molecule has 0 aliphatic carbocycles. The number of hydrogen-bond acceptors (Lipinski definition) is 6. The van der Waals surface area contributed by atoms with E-state index in [9.17, 15) is 32.5 Å². The zero-order chi connectivity index (χ0) is 15.5. The largest absolute Gasteiger partial charge is 0.573 e. The van der Waals surface area contributed by atoms with Crippen molar-refractivity contribution in [2.75, 3.05) is 7.11 Å². The number of pyridine rings is 1. The molecule has 1 rings (SSSR count). The molecule has 20 heavy (non-hydrogen) atoms. The number of nitro groups is 1. The summed E-state index contributed by atoms with van der Waals surface area (Å²) < 4.78 is 57.2. The number of nitrogens with zero attached hydrogens (tertiary/aromatic N) is 2. The molecule has 0 spiro atoms. The van der Waals surface area contributed by atoms with Crippen LogP contribution in [-0.4, -0.2) is 29.3 Å². The predicted octanol–water partition coefficient (Wildman–Crippen LogP) is 1.74. The number of methoxy groups -OCH3 is 1. The van der Waals surface area contributed by atoms with Crippen molar-refractivity contribution < 1.29 is 36.8 Å². The molecule has 0 bridgehead atoms. The van der Waals surface area contributed by atoms with E-state index in [1.165, 1.54) is 0 Å². The van der Waals surface area contributed by atoms with Gasteiger partial charge >= 0.3 is 18.0 Å². The van der Waals surface area contributed by atoms with Crippen molar-refractivity contribution in [3.8, 4) is 5.75 Å². The van der Waals surface area contributed by atoms with Crippen LogP contribution < -0.4 is 4.74 Å². The summed E-state index contributed by atoms with van der Waals surface area (Å²) in [5.41, 5.74) is -2.29. The molecule has 110 valence electrons. The molecule has 1 heterocycles. The molecule has 0 radical (unpaired) electrons. The van der Waals surface area contributed by atoms with Crippen molar-refractivity contribution >= 4 is 11.7 Å². The Morgan fingerprint density at radius 1 is 1.50 bits per heavy atom. The van der Waals surface area contributed by atoms with Crippen molar-refractivity contribution in [3.05, 3.63) is 27.8 Å². The third kappa shape index (κ3) is 3.76. The maximum atomic E-state index is 13.4. The van der Waals surface area contributed by atoms with Crippen molar-refractivity contribution in [1.29, 1.82) is 0 Å². The fourth-order valence-corrected chi connectivity index (χ4v) is 1.27. The van der Waals surface area contributed by atoms with Gasteiger partial charge in [0.15, 0.2) is 0 Å². The topological polar surface area (TPSA) is 91.6 Å². The van der Waals surface area contributed by atoms with E-state index in [4.69, 9.17) is 0 Å². The number of carbonyl (C=O) groups excluding carboxylic acids is 1. The molecule has 0 fully saturated rings. The summed E-state index contributed by atoms with van der Waals surface area (Å²) in [7, 11) is 0.926. The van der Waals surface area contributed by atoms with Gasteiger partial charge in [-0.25, -0.2) is 4.98 Å². The van der Waals surface area contributed by atoms with E-state index in [1.807, 2.05) is 0 Å². The molecule has 11 heteroatoms. The van der Waals surface area contributed by atoms with Crippen LogP contribution in [0.1, 0.15) is 5.56 Å². The lowest BCUT2D eigenvalue weighted by Gasteiger charge is -2.11. The molecule has 0 saturated heterocycles. The van der Waals surface area contributed by atoms with Crippen molar-refractivity contribution in [2.24, 2.45) is 0 Å². The molecule has 0 aromatic carbocycles. The Morgan fingerprint density at radius 3 is 2.55 bits per heavy atom. The van der Waals surface area contributed by atoms with Crippen molar-refractivity contribution in [3.63, 3.8) is 0 Å². The van der Waals surface area contributed by atoms with E-state index in [1.54, 1.807) is 0 Å². The van der Waals surface area contributed by atoms with E-state index in [2.05, 4.69) is 14.5 Å². The van der Waals surface area contributed by atoms with Crippen LogP contribution >= 0.6 is 0 Å². The lowest BCUT2D eigenvalue weighted by Crippen LogP contribution is -2.19. The van der Waals surface area contributed by atoms with E-state index in [-0.39, 0.29) is 6.20 Å². The van der Waals surface area contributed by atoms with Crippen LogP contribution in [0.3, 0.4) is 0 Å². The summed E-state index contributed by atoms with van der Waals surface area (Å²) in [5.74, 6) is -3.86. The van der Waals surface area contributed by atoms with Crippen molar-refractivity contribution in [1.82, 2.24) is 4.98 Å². The number of aromatic nitrogens is 1. The summed E-state index contributed by atoms with van der Waals surface area (Å²) in [4.78, 5) is 23.4. The highest BCUT2D eigenvalue weighted by Gasteiger charge is 2.37. The number of ether oxygens (including phenoxy) is 2. The minimum absolute atomic E-state index is 0.210. The summed E-state index contributed by atoms with van der Waals surface area (Å²) >= 11 is 0. The average Bonchev–Trinajstić information content (AvgIpc) is 2.30. The second-order valence-corrected chi connectivity index (χ2v) is 3.30. The minimum atomic E-state index is -5.23. The smallest absolute Gasteiger partial charge is 0.469 e. The normalized spacial score (nSPS) is 11.1. The third-order valence-corrected chi connectivity index (χ3v) is 2.02. The predicted molar refractivity (Wildman–Crippen MR) is 53.3 cm³/mol. The molecule has 0 aliphatic heterocycles. The molecule has 0 aliphatic rings. The van der Waals surface area contributed by atoms with Crippen LogP contribution in [0.15, 0.2) is 6.20 Å². The molecule has 0 amide bonds. The highest BCUT2D eigenvalue weighted by Crippen LogP contribution is 2.35. The number of esters is 1. The second kappa shape index (κ2) is 5.67. The Balaban J connectivity index is 3.37. The standard InChI is InChI=1S/C9H6F4N2O5/c1-19-6(16)2-4-7(15(17)18)5(3-14-8(4)10)20-9(11,12)13/h3H,2H2,1H3. The van der Waals surface area contributed by atoms with Gasteiger partial charge in [-0.3, -0.25) is 14.9 Å². The zero-order valence-corrected chi connectivity index (χ0v) is 9.73. The first-order chi connectivity index (χ1) is 9.15. The van der Waals surface area contributed by atoms with Gasteiger partial charge < -0.3 is 9.47 Å². The highest BCUT2D eigenvalue weighted by molar-refractivity contribution is 5.74. The van der Waals surface area contributed by atoms with Crippen LogP contribution in [0.4, 0.5) is 23.2 Å². The van der Waals surface area contributed by atoms with Gasteiger partial charge in [0.2, 0.25) is 11.7 Å². The molecular formula is C9H6F4N2O5. The highest BCUT2D eigenvalue weighted by atomic mass is 19.4. The third-order valence-electron chi connectivity index (χ3n) is 2.02. The van der Waals surface area contributed by atoms with Gasteiger partial charge in [-0.15, -0.1) is 13.2 Å².